The fourth-order valence-corrected chi connectivity index (χ4v) is 2.37. The van der Waals surface area contributed by atoms with Crippen molar-refractivity contribution in [1.29, 1.82) is 0 Å². The highest BCUT2D eigenvalue weighted by atomic mass is 35.5. The number of H-pyrrole nitrogens is 1. The van der Waals surface area contributed by atoms with Crippen LogP contribution >= 0.6 is 23.8 Å². The van der Waals surface area contributed by atoms with E-state index in [-0.39, 0.29) is 9.79 Å². The van der Waals surface area contributed by atoms with Crippen LogP contribution in [0.4, 0.5) is 4.39 Å². The lowest BCUT2D eigenvalue weighted by Gasteiger charge is -2.23. The number of aromatic nitrogens is 2. The van der Waals surface area contributed by atoms with Crippen molar-refractivity contribution in [2.24, 2.45) is 5.73 Å². The molecule has 0 aliphatic heterocycles. The number of nitrogens with two attached hydrogens (primary N) is 1. The molecule has 1 heterocycles. The third kappa shape index (κ3) is 1.81. The molecule has 0 unspecified atom stereocenters. The van der Waals surface area contributed by atoms with Gasteiger partial charge in [0, 0.05) is 6.07 Å². The largest absolute Gasteiger partial charge is 0.368 e. The SMILES string of the molecule is CC(C)(C(N)=O)n1c(=S)[nH]c2cc(Cl)c(F)cc21. The Kier molecular flexibility index (Phi) is 2.95. The van der Waals surface area contributed by atoms with Crippen molar-refractivity contribution in [2.45, 2.75) is 19.4 Å². The van der Waals surface area contributed by atoms with Gasteiger partial charge in [0.1, 0.15) is 11.4 Å². The summed E-state index contributed by atoms with van der Waals surface area (Å²) in [4.78, 5) is 14.4. The van der Waals surface area contributed by atoms with Crippen molar-refractivity contribution in [3.63, 3.8) is 0 Å². The second kappa shape index (κ2) is 4.07. The molecule has 1 amide bonds. The number of primary amides is 1. The molecule has 18 heavy (non-hydrogen) atoms. The molecule has 0 saturated carbocycles. The summed E-state index contributed by atoms with van der Waals surface area (Å²) in [6.07, 6.45) is 0. The van der Waals surface area contributed by atoms with Crippen LogP contribution in [0.5, 0.6) is 0 Å². The van der Waals surface area contributed by atoms with Crippen molar-refractivity contribution in [2.75, 3.05) is 0 Å². The Labute approximate surface area is 113 Å². The standard InChI is InChI=1S/C11H11ClFN3OS/c1-11(2,9(14)17)16-8-4-6(13)5(12)3-7(8)15-10(16)18/h3-4H,1-2H3,(H2,14,17)(H,15,18). The third-order valence-electron chi connectivity index (χ3n) is 2.89. The molecular weight excluding hydrogens is 277 g/mol. The average molecular weight is 288 g/mol. The summed E-state index contributed by atoms with van der Waals surface area (Å²) in [6.45, 7) is 3.23. The van der Waals surface area contributed by atoms with Crippen molar-refractivity contribution < 1.29 is 9.18 Å². The van der Waals surface area contributed by atoms with Gasteiger partial charge in [0.05, 0.1) is 16.1 Å². The van der Waals surface area contributed by atoms with Crippen LogP contribution in [0.25, 0.3) is 11.0 Å². The number of fused-ring (bicyclic) bond motifs is 1. The fourth-order valence-electron chi connectivity index (χ4n) is 1.77. The molecule has 1 aromatic carbocycles. The van der Waals surface area contributed by atoms with E-state index in [0.29, 0.717) is 11.0 Å². The molecule has 2 aromatic rings. The first-order chi connectivity index (χ1) is 8.25. The molecule has 4 nitrogen and oxygen atoms in total. The van der Waals surface area contributed by atoms with Gasteiger partial charge in [0.15, 0.2) is 4.77 Å². The Bertz CT molecular complexity index is 704. The molecule has 0 spiro atoms. The number of hydrogen-bond acceptors (Lipinski definition) is 2. The predicted molar refractivity (Wildman–Crippen MR) is 70.6 cm³/mol. The first-order valence-electron chi connectivity index (χ1n) is 5.15. The van der Waals surface area contributed by atoms with E-state index in [2.05, 4.69) is 4.98 Å². The number of hydrogen-bond donors (Lipinski definition) is 2. The van der Waals surface area contributed by atoms with Crippen LogP contribution in [-0.2, 0) is 10.3 Å². The van der Waals surface area contributed by atoms with E-state index in [1.54, 1.807) is 13.8 Å². The van der Waals surface area contributed by atoms with Gasteiger partial charge in [0.2, 0.25) is 5.91 Å². The van der Waals surface area contributed by atoms with E-state index < -0.39 is 17.3 Å². The first kappa shape index (κ1) is 13.0. The van der Waals surface area contributed by atoms with Gasteiger partial charge in [0.25, 0.3) is 0 Å². The molecule has 0 saturated heterocycles. The van der Waals surface area contributed by atoms with Crippen LogP contribution < -0.4 is 5.73 Å². The van der Waals surface area contributed by atoms with Gasteiger partial charge in [-0.25, -0.2) is 4.39 Å². The molecule has 0 bridgehead atoms. The molecule has 0 aliphatic rings. The Morgan fingerprint density at radius 1 is 1.56 bits per heavy atom. The number of nitrogens with zero attached hydrogens (tertiary/aromatic N) is 1. The number of imidazole rings is 1. The van der Waals surface area contributed by atoms with Crippen molar-refractivity contribution in [3.05, 3.63) is 27.7 Å². The number of amides is 1. The predicted octanol–water partition coefficient (Wildman–Crippen LogP) is 2.71. The van der Waals surface area contributed by atoms with E-state index in [1.165, 1.54) is 16.7 Å². The number of halogens is 2. The van der Waals surface area contributed by atoms with Crippen LogP contribution in [0, 0.1) is 10.6 Å². The van der Waals surface area contributed by atoms with E-state index in [0.717, 1.165) is 0 Å². The lowest BCUT2D eigenvalue weighted by atomic mass is 10.0. The summed E-state index contributed by atoms with van der Waals surface area (Å²) < 4.78 is 15.3. The number of carbonyl (C=O) groups excluding carboxylic acids is 1. The Balaban J connectivity index is 2.88. The van der Waals surface area contributed by atoms with Gasteiger partial charge in [-0.05, 0) is 32.1 Å². The number of carbonyl (C=O) groups is 1. The molecule has 2 rings (SSSR count). The summed E-state index contributed by atoms with van der Waals surface area (Å²) in [6, 6.07) is 2.66. The van der Waals surface area contributed by atoms with Crippen LogP contribution in [0.1, 0.15) is 13.8 Å². The summed E-state index contributed by atoms with van der Waals surface area (Å²) in [5.74, 6) is -1.14. The lowest BCUT2D eigenvalue weighted by Crippen LogP contribution is -2.41. The van der Waals surface area contributed by atoms with Crippen molar-refractivity contribution >= 4 is 40.8 Å². The minimum absolute atomic E-state index is 0.0113. The lowest BCUT2D eigenvalue weighted by molar-refractivity contribution is -0.124. The zero-order valence-electron chi connectivity index (χ0n) is 9.75. The number of nitrogens with one attached hydrogen (secondary N) is 1. The summed E-state index contributed by atoms with van der Waals surface area (Å²) in [5.41, 5.74) is 5.30. The fraction of sp³-hybridized carbons (Fsp3) is 0.273. The topological polar surface area (TPSA) is 63.8 Å². The molecule has 7 heteroatoms. The Morgan fingerprint density at radius 2 is 2.17 bits per heavy atom. The molecule has 3 N–H and O–H groups in total. The van der Waals surface area contributed by atoms with Crippen LogP contribution in [0.15, 0.2) is 12.1 Å². The maximum Gasteiger partial charge on any atom is 0.243 e. The van der Waals surface area contributed by atoms with Crippen molar-refractivity contribution in [3.8, 4) is 0 Å². The number of aromatic amines is 1. The molecule has 0 fully saturated rings. The molecule has 1 aromatic heterocycles. The quantitative estimate of drug-likeness (QED) is 0.834. The second-order valence-electron chi connectivity index (χ2n) is 4.47. The maximum absolute atomic E-state index is 13.5. The molecular formula is C11H11ClFN3OS. The summed E-state index contributed by atoms with van der Waals surface area (Å²) in [5, 5.41) is -0.0113. The molecule has 96 valence electrons. The number of rotatable bonds is 2. The van der Waals surface area contributed by atoms with Crippen LogP contribution in [0.3, 0.4) is 0 Å². The minimum atomic E-state index is -1.06. The Morgan fingerprint density at radius 3 is 2.72 bits per heavy atom. The molecule has 0 atom stereocenters. The van der Waals surface area contributed by atoms with Gasteiger partial charge in [-0.1, -0.05) is 11.6 Å². The average Bonchev–Trinajstić information content (AvgIpc) is 2.54. The normalized spacial score (nSPS) is 12.0. The highest BCUT2D eigenvalue weighted by Gasteiger charge is 2.30. The van der Waals surface area contributed by atoms with Gasteiger partial charge in [-0.15, -0.1) is 0 Å². The molecule has 0 radical (unpaired) electrons. The third-order valence-corrected chi connectivity index (χ3v) is 3.46. The van der Waals surface area contributed by atoms with Gasteiger partial charge >= 0.3 is 0 Å². The highest BCUT2D eigenvalue weighted by molar-refractivity contribution is 7.71. The van der Waals surface area contributed by atoms with E-state index in [1.807, 2.05) is 0 Å². The van der Waals surface area contributed by atoms with Gasteiger partial charge < -0.3 is 15.3 Å². The highest BCUT2D eigenvalue weighted by Crippen LogP contribution is 2.27. The second-order valence-corrected chi connectivity index (χ2v) is 5.27. The maximum atomic E-state index is 13.5. The molecule has 0 aliphatic carbocycles. The van der Waals surface area contributed by atoms with E-state index >= 15 is 0 Å². The summed E-state index contributed by atoms with van der Waals surface area (Å²) in [7, 11) is 0. The minimum Gasteiger partial charge on any atom is -0.368 e. The zero-order chi connectivity index (χ0) is 13.7. The van der Waals surface area contributed by atoms with Crippen molar-refractivity contribution in [1.82, 2.24) is 9.55 Å². The van der Waals surface area contributed by atoms with E-state index in [4.69, 9.17) is 29.6 Å². The Hall–Kier alpha value is -1.40. The van der Waals surface area contributed by atoms with Crippen LogP contribution in [-0.4, -0.2) is 15.5 Å². The zero-order valence-corrected chi connectivity index (χ0v) is 11.3. The van der Waals surface area contributed by atoms with Gasteiger partial charge in [-0.3, -0.25) is 4.79 Å². The smallest absolute Gasteiger partial charge is 0.243 e. The van der Waals surface area contributed by atoms with E-state index in [9.17, 15) is 9.18 Å². The van der Waals surface area contributed by atoms with Crippen LogP contribution in [0.2, 0.25) is 5.02 Å². The monoisotopic (exact) mass is 287 g/mol. The van der Waals surface area contributed by atoms with Gasteiger partial charge in [-0.2, -0.15) is 0 Å². The summed E-state index contributed by atoms with van der Waals surface area (Å²) >= 11 is 10.8. The first-order valence-corrected chi connectivity index (χ1v) is 5.94. The number of benzene rings is 1.